The van der Waals surface area contributed by atoms with Gasteiger partial charge in [-0.1, -0.05) is 19.9 Å². The van der Waals surface area contributed by atoms with E-state index < -0.39 is 10.0 Å². The molecule has 1 aromatic heterocycles. The SMILES string of the molecule is Cc1ccc(S(=O)(=O)N2CCN(C(=O)Cc3c(C)nn(CC(C)C)c3C)CC2)cc1C. The standard InChI is InChI=1S/C23H34N4O3S/c1-16(2)15-27-20(6)22(19(5)24-27)14-23(28)25-9-11-26(12-10-25)31(29,30)21-8-7-17(3)18(4)13-21/h7-8,13,16H,9-12,14-15H2,1-6H3. The molecule has 0 spiro atoms. The summed E-state index contributed by atoms with van der Waals surface area (Å²) >= 11 is 0. The van der Waals surface area contributed by atoms with Crippen LogP contribution >= 0.6 is 0 Å². The van der Waals surface area contributed by atoms with Gasteiger partial charge in [-0.25, -0.2) is 8.42 Å². The molecule has 7 nitrogen and oxygen atoms in total. The Morgan fingerprint density at radius 2 is 1.68 bits per heavy atom. The van der Waals surface area contributed by atoms with Crippen LogP contribution < -0.4 is 0 Å². The minimum absolute atomic E-state index is 0.0264. The second-order valence-electron chi connectivity index (χ2n) is 8.93. The van der Waals surface area contributed by atoms with E-state index in [9.17, 15) is 13.2 Å². The molecule has 1 fully saturated rings. The van der Waals surface area contributed by atoms with Gasteiger partial charge in [-0.2, -0.15) is 9.40 Å². The van der Waals surface area contributed by atoms with Crippen molar-refractivity contribution in [2.45, 2.75) is 59.4 Å². The monoisotopic (exact) mass is 446 g/mol. The van der Waals surface area contributed by atoms with E-state index in [0.29, 0.717) is 43.4 Å². The zero-order valence-electron chi connectivity index (χ0n) is 19.5. The molecular weight excluding hydrogens is 412 g/mol. The molecule has 0 aliphatic carbocycles. The largest absolute Gasteiger partial charge is 0.340 e. The minimum Gasteiger partial charge on any atom is -0.340 e. The number of hydrogen-bond donors (Lipinski definition) is 0. The molecule has 0 unspecified atom stereocenters. The third kappa shape index (κ3) is 5.01. The fourth-order valence-corrected chi connectivity index (χ4v) is 5.49. The number of sulfonamides is 1. The highest BCUT2D eigenvalue weighted by Gasteiger charge is 2.30. The third-order valence-electron chi connectivity index (χ3n) is 6.10. The second kappa shape index (κ2) is 9.12. The fourth-order valence-electron chi connectivity index (χ4n) is 3.98. The van der Waals surface area contributed by atoms with Crippen molar-refractivity contribution in [3.63, 3.8) is 0 Å². The fraction of sp³-hybridized carbons (Fsp3) is 0.565. The van der Waals surface area contributed by atoms with E-state index in [-0.39, 0.29) is 5.91 Å². The van der Waals surface area contributed by atoms with Crippen molar-refractivity contribution in [3.05, 3.63) is 46.3 Å². The van der Waals surface area contributed by atoms with Crippen LogP contribution in [0.2, 0.25) is 0 Å². The number of aromatic nitrogens is 2. The van der Waals surface area contributed by atoms with Gasteiger partial charge in [-0.3, -0.25) is 9.48 Å². The average molecular weight is 447 g/mol. The Hall–Kier alpha value is -2.19. The molecule has 2 aromatic rings. The van der Waals surface area contributed by atoms with E-state index in [4.69, 9.17) is 0 Å². The first kappa shape index (κ1) is 23.5. The van der Waals surface area contributed by atoms with Gasteiger partial charge < -0.3 is 4.90 Å². The van der Waals surface area contributed by atoms with Crippen molar-refractivity contribution in [2.75, 3.05) is 26.2 Å². The van der Waals surface area contributed by atoms with Crippen LogP contribution in [0.15, 0.2) is 23.1 Å². The lowest BCUT2D eigenvalue weighted by molar-refractivity contribution is -0.131. The van der Waals surface area contributed by atoms with Crippen LogP contribution in [0.5, 0.6) is 0 Å². The molecule has 1 saturated heterocycles. The zero-order valence-corrected chi connectivity index (χ0v) is 20.3. The van der Waals surface area contributed by atoms with E-state index in [0.717, 1.165) is 34.6 Å². The first-order chi connectivity index (χ1) is 14.5. The van der Waals surface area contributed by atoms with Crippen molar-refractivity contribution in [1.29, 1.82) is 0 Å². The molecular formula is C23H34N4O3S. The number of amides is 1. The summed E-state index contributed by atoms with van der Waals surface area (Å²) in [5, 5.41) is 4.60. The lowest BCUT2D eigenvalue weighted by Crippen LogP contribution is -2.50. The van der Waals surface area contributed by atoms with Gasteiger partial charge in [0.25, 0.3) is 0 Å². The van der Waals surface area contributed by atoms with Gasteiger partial charge in [-0.05, 0) is 56.9 Å². The van der Waals surface area contributed by atoms with Crippen LogP contribution in [0.3, 0.4) is 0 Å². The Morgan fingerprint density at radius 1 is 1.03 bits per heavy atom. The van der Waals surface area contributed by atoms with E-state index in [2.05, 4.69) is 18.9 Å². The molecule has 8 heteroatoms. The molecule has 0 saturated carbocycles. The number of carbonyl (C=O) groups is 1. The van der Waals surface area contributed by atoms with Crippen LogP contribution in [0, 0.1) is 33.6 Å². The number of hydrogen-bond acceptors (Lipinski definition) is 4. The smallest absolute Gasteiger partial charge is 0.243 e. The number of rotatable bonds is 6. The molecule has 0 N–H and O–H groups in total. The molecule has 170 valence electrons. The predicted molar refractivity (Wildman–Crippen MR) is 121 cm³/mol. The van der Waals surface area contributed by atoms with E-state index in [1.165, 1.54) is 4.31 Å². The van der Waals surface area contributed by atoms with Gasteiger partial charge in [0.1, 0.15) is 0 Å². The van der Waals surface area contributed by atoms with Crippen LogP contribution in [-0.2, 0) is 27.8 Å². The maximum atomic E-state index is 13.0. The minimum atomic E-state index is -3.55. The quantitative estimate of drug-likeness (QED) is 0.684. The van der Waals surface area contributed by atoms with E-state index in [1.54, 1.807) is 17.0 Å². The molecule has 1 aromatic carbocycles. The third-order valence-corrected chi connectivity index (χ3v) is 8.00. The van der Waals surface area contributed by atoms with Crippen molar-refractivity contribution >= 4 is 15.9 Å². The van der Waals surface area contributed by atoms with Crippen molar-refractivity contribution in [3.8, 4) is 0 Å². The molecule has 0 atom stereocenters. The topological polar surface area (TPSA) is 75.5 Å². The van der Waals surface area contributed by atoms with Crippen LogP contribution in [0.25, 0.3) is 0 Å². The number of nitrogens with zero attached hydrogens (tertiary/aromatic N) is 4. The first-order valence-corrected chi connectivity index (χ1v) is 12.3. The van der Waals surface area contributed by atoms with Crippen LogP contribution in [-0.4, -0.2) is 59.5 Å². The van der Waals surface area contributed by atoms with Crippen LogP contribution in [0.4, 0.5) is 0 Å². The summed E-state index contributed by atoms with van der Waals surface area (Å²) in [5.74, 6) is 0.507. The van der Waals surface area contributed by atoms with Gasteiger partial charge in [0.05, 0.1) is 17.0 Å². The summed E-state index contributed by atoms with van der Waals surface area (Å²) in [4.78, 5) is 15.0. The predicted octanol–water partition coefficient (Wildman–Crippen LogP) is 2.85. The molecule has 0 bridgehead atoms. The molecule has 1 amide bonds. The Kier molecular flexibility index (Phi) is 6.91. The number of benzene rings is 1. The lowest BCUT2D eigenvalue weighted by Gasteiger charge is -2.34. The van der Waals surface area contributed by atoms with Gasteiger partial charge in [-0.15, -0.1) is 0 Å². The normalized spacial score (nSPS) is 15.6. The summed E-state index contributed by atoms with van der Waals surface area (Å²) in [6.45, 7) is 14.4. The maximum absolute atomic E-state index is 13.0. The molecule has 2 heterocycles. The summed E-state index contributed by atoms with van der Waals surface area (Å²) < 4.78 is 29.5. The summed E-state index contributed by atoms with van der Waals surface area (Å²) in [7, 11) is -3.55. The summed E-state index contributed by atoms with van der Waals surface area (Å²) in [6, 6.07) is 5.23. The van der Waals surface area contributed by atoms with Crippen LogP contribution in [0.1, 0.15) is 41.9 Å². The molecule has 31 heavy (non-hydrogen) atoms. The molecule has 1 aliphatic rings. The van der Waals surface area contributed by atoms with Gasteiger partial charge in [0.15, 0.2) is 0 Å². The number of aryl methyl sites for hydroxylation is 3. The summed E-state index contributed by atoms with van der Waals surface area (Å²) in [5.41, 5.74) is 4.93. The molecule has 0 radical (unpaired) electrons. The number of piperazine rings is 1. The Labute approximate surface area is 186 Å². The molecule has 3 rings (SSSR count). The van der Waals surface area contributed by atoms with E-state index >= 15 is 0 Å². The van der Waals surface area contributed by atoms with Gasteiger partial charge in [0.2, 0.25) is 15.9 Å². The second-order valence-corrected chi connectivity index (χ2v) is 10.9. The lowest BCUT2D eigenvalue weighted by atomic mass is 10.1. The van der Waals surface area contributed by atoms with Gasteiger partial charge >= 0.3 is 0 Å². The average Bonchev–Trinajstić information content (AvgIpc) is 2.96. The number of carbonyl (C=O) groups excluding carboxylic acids is 1. The highest BCUT2D eigenvalue weighted by atomic mass is 32.2. The highest BCUT2D eigenvalue weighted by molar-refractivity contribution is 7.89. The molecule has 1 aliphatic heterocycles. The van der Waals surface area contributed by atoms with Crippen molar-refractivity contribution < 1.29 is 13.2 Å². The zero-order chi connectivity index (χ0) is 22.9. The Bertz CT molecular complexity index is 1060. The highest BCUT2D eigenvalue weighted by Crippen LogP contribution is 2.21. The maximum Gasteiger partial charge on any atom is 0.243 e. The van der Waals surface area contributed by atoms with Gasteiger partial charge in [0, 0.05) is 44.0 Å². The summed E-state index contributed by atoms with van der Waals surface area (Å²) in [6.07, 6.45) is 0.305. The van der Waals surface area contributed by atoms with E-state index in [1.807, 2.05) is 38.4 Å². The Morgan fingerprint density at radius 3 is 2.26 bits per heavy atom. The first-order valence-electron chi connectivity index (χ1n) is 10.9. The van der Waals surface area contributed by atoms with Crippen molar-refractivity contribution in [1.82, 2.24) is 19.0 Å². The Balaban J connectivity index is 1.65. The van der Waals surface area contributed by atoms with Crippen molar-refractivity contribution in [2.24, 2.45) is 5.92 Å².